The van der Waals surface area contributed by atoms with E-state index in [-0.39, 0.29) is 11.7 Å². The predicted octanol–water partition coefficient (Wildman–Crippen LogP) is 2.30. The summed E-state index contributed by atoms with van der Waals surface area (Å²) in [6.07, 6.45) is 0. The number of anilines is 1. The fourth-order valence-electron chi connectivity index (χ4n) is 1.43. The molecule has 0 aliphatic heterocycles. The highest BCUT2D eigenvalue weighted by Gasteiger charge is 2.24. The smallest absolute Gasteiger partial charge is 0.178 e. The van der Waals surface area contributed by atoms with Gasteiger partial charge in [0.15, 0.2) is 9.84 Å². The zero-order valence-corrected chi connectivity index (χ0v) is 12.8. The molecule has 0 heterocycles. The topological polar surface area (TPSA) is 66.4 Å². The Bertz CT molecular complexity index is 504. The number of rotatable bonds is 6. The van der Waals surface area contributed by atoms with Crippen LogP contribution in [-0.2, 0) is 9.84 Å². The van der Waals surface area contributed by atoms with Gasteiger partial charge in [0, 0.05) is 12.2 Å². The largest absolute Gasteiger partial charge is 0.388 e. The van der Waals surface area contributed by atoms with Crippen LogP contribution >= 0.6 is 0 Å². The van der Waals surface area contributed by atoms with E-state index < -0.39 is 15.4 Å². The Kier molecular flexibility index (Phi) is 4.98. The third-order valence-electron chi connectivity index (χ3n) is 3.49. The lowest BCUT2D eigenvalue weighted by Crippen LogP contribution is -2.38. The van der Waals surface area contributed by atoms with Gasteiger partial charge in [0.2, 0.25) is 0 Å². The van der Waals surface area contributed by atoms with Crippen LogP contribution in [0.25, 0.3) is 0 Å². The van der Waals surface area contributed by atoms with Crippen molar-refractivity contribution in [2.24, 2.45) is 5.92 Å². The Morgan fingerprint density at radius 3 is 2.21 bits per heavy atom. The third kappa shape index (κ3) is 4.21. The SMILES string of the molecule is CCS(=O)(=O)c1ccc(NC[C@](C)(O)C(C)C)cc1. The standard InChI is InChI=1S/C14H23NO3S/c1-5-19(17,18)13-8-6-12(7-9-13)15-10-14(4,16)11(2)3/h6-9,11,15-16H,5,10H2,1-4H3/t14-/m0/s1. The Morgan fingerprint density at radius 1 is 1.26 bits per heavy atom. The molecule has 0 aliphatic rings. The lowest BCUT2D eigenvalue weighted by Gasteiger charge is -2.28. The fourth-order valence-corrected chi connectivity index (χ4v) is 2.32. The summed E-state index contributed by atoms with van der Waals surface area (Å²) in [6.45, 7) is 7.74. The third-order valence-corrected chi connectivity index (χ3v) is 5.24. The molecule has 1 rings (SSSR count). The highest BCUT2D eigenvalue weighted by Crippen LogP contribution is 2.19. The zero-order chi connectivity index (χ0) is 14.7. The molecule has 2 N–H and O–H groups in total. The van der Waals surface area contributed by atoms with Gasteiger partial charge in [-0.05, 0) is 37.1 Å². The van der Waals surface area contributed by atoms with E-state index in [4.69, 9.17) is 0 Å². The lowest BCUT2D eigenvalue weighted by atomic mass is 9.92. The van der Waals surface area contributed by atoms with Crippen LogP contribution in [0.2, 0.25) is 0 Å². The van der Waals surface area contributed by atoms with E-state index >= 15 is 0 Å². The Morgan fingerprint density at radius 2 is 1.79 bits per heavy atom. The molecule has 0 saturated carbocycles. The molecule has 0 saturated heterocycles. The minimum Gasteiger partial charge on any atom is -0.388 e. The first kappa shape index (κ1) is 16.0. The first-order valence-corrected chi connectivity index (χ1v) is 8.13. The molecule has 19 heavy (non-hydrogen) atoms. The van der Waals surface area contributed by atoms with Gasteiger partial charge in [-0.1, -0.05) is 20.8 Å². The second-order valence-electron chi connectivity index (χ2n) is 5.29. The predicted molar refractivity (Wildman–Crippen MR) is 78.1 cm³/mol. The number of hydrogen-bond acceptors (Lipinski definition) is 4. The van der Waals surface area contributed by atoms with Crippen LogP contribution in [0.4, 0.5) is 5.69 Å². The maximum Gasteiger partial charge on any atom is 0.178 e. The summed E-state index contributed by atoms with van der Waals surface area (Å²) in [5.74, 6) is 0.238. The van der Waals surface area contributed by atoms with E-state index in [0.717, 1.165) is 5.69 Å². The summed E-state index contributed by atoms with van der Waals surface area (Å²) in [5, 5.41) is 13.2. The Balaban J connectivity index is 2.74. The number of nitrogens with one attached hydrogen (secondary N) is 1. The van der Waals surface area contributed by atoms with Gasteiger partial charge in [-0.25, -0.2) is 8.42 Å². The van der Waals surface area contributed by atoms with Crippen molar-refractivity contribution >= 4 is 15.5 Å². The van der Waals surface area contributed by atoms with Crippen molar-refractivity contribution in [2.75, 3.05) is 17.6 Å². The van der Waals surface area contributed by atoms with Crippen LogP contribution in [0, 0.1) is 5.92 Å². The molecule has 0 unspecified atom stereocenters. The molecule has 0 amide bonds. The molecule has 0 radical (unpaired) electrons. The molecular weight excluding hydrogens is 262 g/mol. The van der Waals surface area contributed by atoms with Gasteiger partial charge in [0.1, 0.15) is 0 Å². The maximum absolute atomic E-state index is 11.7. The summed E-state index contributed by atoms with van der Waals surface area (Å²) in [7, 11) is -3.15. The van der Waals surface area contributed by atoms with Gasteiger partial charge in [-0.2, -0.15) is 0 Å². The summed E-state index contributed by atoms with van der Waals surface area (Å²) < 4.78 is 23.3. The van der Waals surface area contributed by atoms with Crippen LogP contribution in [0.1, 0.15) is 27.7 Å². The monoisotopic (exact) mass is 285 g/mol. The molecule has 0 fully saturated rings. The summed E-state index contributed by atoms with van der Waals surface area (Å²) in [5.41, 5.74) is 0.00438. The molecule has 4 nitrogen and oxygen atoms in total. The van der Waals surface area contributed by atoms with E-state index in [1.165, 1.54) is 0 Å². The van der Waals surface area contributed by atoms with Crippen LogP contribution in [0.3, 0.4) is 0 Å². The minimum atomic E-state index is -3.15. The number of aliphatic hydroxyl groups is 1. The zero-order valence-electron chi connectivity index (χ0n) is 12.0. The highest BCUT2D eigenvalue weighted by molar-refractivity contribution is 7.91. The number of benzene rings is 1. The molecule has 1 aromatic carbocycles. The van der Waals surface area contributed by atoms with E-state index in [2.05, 4.69) is 5.32 Å². The number of sulfone groups is 1. The first-order valence-electron chi connectivity index (χ1n) is 6.48. The van der Waals surface area contributed by atoms with E-state index in [0.29, 0.717) is 11.4 Å². The van der Waals surface area contributed by atoms with Crippen molar-refractivity contribution in [1.29, 1.82) is 0 Å². The normalized spacial score (nSPS) is 15.3. The second kappa shape index (κ2) is 5.92. The van der Waals surface area contributed by atoms with Gasteiger partial charge >= 0.3 is 0 Å². The maximum atomic E-state index is 11.7. The molecule has 0 spiro atoms. The highest BCUT2D eigenvalue weighted by atomic mass is 32.2. The van der Waals surface area contributed by atoms with Crippen LogP contribution < -0.4 is 5.32 Å². The molecule has 1 atom stereocenters. The van der Waals surface area contributed by atoms with E-state index in [1.807, 2.05) is 13.8 Å². The molecule has 108 valence electrons. The van der Waals surface area contributed by atoms with Crippen molar-refractivity contribution in [3.63, 3.8) is 0 Å². The van der Waals surface area contributed by atoms with Gasteiger partial charge in [0.25, 0.3) is 0 Å². The quantitative estimate of drug-likeness (QED) is 0.841. The minimum absolute atomic E-state index is 0.0990. The molecule has 1 aromatic rings. The van der Waals surface area contributed by atoms with Crippen LogP contribution in [-0.4, -0.2) is 31.4 Å². The van der Waals surface area contributed by atoms with Gasteiger partial charge in [-0.3, -0.25) is 0 Å². The van der Waals surface area contributed by atoms with Crippen molar-refractivity contribution in [2.45, 2.75) is 38.2 Å². The van der Waals surface area contributed by atoms with Crippen LogP contribution in [0.15, 0.2) is 29.2 Å². The second-order valence-corrected chi connectivity index (χ2v) is 7.57. The van der Waals surface area contributed by atoms with Crippen molar-refractivity contribution in [3.8, 4) is 0 Å². The molecular formula is C14H23NO3S. The average molecular weight is 285 g/mol. The fraction of sp³-hybridized carbons (Fsp3) is 0.571. The van der Waals surface area contributed by atoms with Crippen molar-refractivity contribution < 1.29 is 13.5 Å². The van der Waals surface area contributed by atoms with Gasteiger partial charge in [0.05, 0.1) is 16.2 Å². The first-order chi connectivity index (χ1) is 8.69. The Hall–Kier alpha value is -1.07. The van der Waals surface area contributed by atoms with E-state index in [9.17, 15) is 13.5 Å². The summed E-state index contributed by atoms with van der Waals surface area (Å²) in [6, 6.07) is 6.62. The Labute approximate surface area is 115 Å². The molecule has 0 bridgehead atoms. The van der Waals surface area contributed by atoms with Crippen molar-refractivity contribution in [1.82, 2.24) is 0 Å². The number of hydrogen-bond donors (Lipinski definition) is 2. The summed E-state index contributed by atoms with van der Waals surface area (Å²) >= 11 is 0. The molecule has 0 aliphatic carbocycles. The lowest BCUT2D eigenvalue weighted by molar-refractivity contribution is 0.0266. The van der Waals surface area contributed by atoms with E-state index in [1.54, 1.807) is 38.1 Å². The molecule has 5 heteroatoms. The average Bonchev–Trinajstić information content (AvgIpc) is 2.37. The molecule has 0 aromatic heterocycles. The van der Waals surface area contributed by atoms with Crippen LogP contribution in [0.5, 0.6) is 0 Å². The van der Waals surface area contributed by atoms with Crippen molar-refractivity contribution in [3.05, 3.63) is 24.3 Å². The van der Waals surface area contributed by atoms with Gasteiger partial charge < -0.3 is 10.4 Å². The van der Waals surface area contributed by atoms with Gasteiger partial charge in [-0.15, -0.1) is 0 Å². The summed E-state index contributed by atoms with van der Waals surface area (Å²) in [4.78, 5) is 0.330.